The molecule has 0 aliphatic carbocycles. The number of thiocarbonyl (C=S) groups is 1. The fourth-order valence-corrected chi connectivity index (χ4v) is 4.93. The number of aromatic nitrogens is 2. The third-order valence-corrected chi connectivity index (χ3v) is 7.01. The SMILES string of the molecule is CS(=O)(=O)c1ccc(Cn2ncc3cc(C=C4SC(=S)NC4=O)ccc32)c(C(F)(F)F)c1. The number of nitrogens with one attached hydrogen (secondary N) is 1. The fourth-order valence-electron chi connectivity index (χ4n) is 3.24. The molecule has 1 saturated heterocycles. The molecule has 0 bridgehead atoms. The number of nitrogens with zero attached hydrogens (tertiary/aromatic N) is 2. The number of sulfone groups is 1. The molecule has 2 heterocycles. The number of amides is 1. The number of fused-ring (bicyclic) bond motifs is 1. The van der Waals surface area contributed by atoms with E-state index in [4.69, 9.17) is 12.2 Å². The molecule has 0 spiro atoms. The third kappa shape index (κ3) is 4.57. The lowest BCUT2D eigenvalue weighted by atomic mass is 10.1. The number of carbonyl (C=O) groups is 1. The number of halogens is 3. The third-order valence-electron chi connectivity index (χ3n) is 4.74. The van der Waals surface area contributed by atoms with Crippen molar-refractivity contribution >= 4 is 61.0 Å². The summed E-state index contributed by atoms with van der Waals surface area (Å²) in [6, 6.07) is 8.14. The van der Waals surface area contributed by atoms with Crippen LogP contribution in [0.15, 0.2) is 52.4 Å². The highest BCUT2D eigenvalue weighted by atomic mass is 32.2. The summed E-state index contributed by atoms with van der Waals surface area (Å²) in [4.78, 5) is 11.9. The van der Waals surface area contributed by atoms with Gasteiger partial charge < -0.3 is 5.32 Å². The van der Waals surface area contributed by atoms with Gasteiger partial charge in [0.15, 0.2) is 9.84 Å². The molecule has 0 atom stereocenters. The highest BCUT2D eigenvalue weighted by Crippen LogP contribution is 2.34. The van der Waals surface area contributed by atoms with Crippen molar-refractivity contribution < 1.29 is 26.4 Å². The van der Waals surface area contributed by atoms with E-state index in [0.29, 0.717) is 31.8 Å². The van der Waals surface area contributed by atoms with Gasteiger partial charge in [0.25, 0.3) is 5.91 Å². The van der Waals surface area contributed by atoms with E-state index in [9.17, 15) is 26.4 Å². The Labute approximate surface area is 190 Å². The van der Waals surface area contributed by atoms with Crippen LogP contribution in [-0.2, 0) is 27.4 Å². The van der Waals surface area contributed by atoms with Crippen molar-refractivity contribution in [1.29, 1.82) is 0 Å². The lowest BCUT2D eigenvalue weighted by molar-refractivity contribution is -0.138. The maximum atomic E-state index is 13.6. The zero-order chi connectivity index (χ0) is 23.3. The van der Waals surface area contributed by atoms with E-state index in [0.717, 1.165) is 30.2 Å². The lowest BCUT2D eigenvalue weighted by Crippen LogP contribution is -2.17. The zero-order valence-corrected chi connectivity index (χ0v) is 18.8. The first-order valence-corrected chi connectivity index (χ1v) is 12.1. The Morgan fingerprint density at radius 2 is 1.97 bits per heavy atom. The minimum atomic E-state index is -4.72. The van der Waals surface area contributed by atoms with Crippen molar-refractivity contribution in [3.8, 4) is 0 Å². The number of benzene rings is 2. The number of hydrogen-bond donors (Lipinski definition) is 1. The molecule has 3 aromatic rings. The van der Waals surface area contributed by atoms with E-state index in [1.165, 1.54) is 10.9 Å². The summed E-state index contributed by atoms with van der Waals surface area (Å²) < 4.78 is 65.9. The molecule has 2 aromatic carbocycles. The van der Waals surface area contributed by atoms with Crippen LogP contribution in [0.1, 0.15) is 16.7 Å². The van der Waals surface area contributed by atoms with E-state index in [1.807, 2.05) is 0 Å². The molecule has 0 radical (unpaired) electrons. The van der Waals surface area contributed by atoms with Crippen LogP contribution in [0.5, 0.6) is 0 Å². The molecule has 1 fully saturated rings. The maximum absolute atomic E-state index is 13.6. The summed E-state index contributed by atoms with van der Waals surface area (Å²) in [5, 5.41) is 7.39. The molecule has 6 nitrogen and oxygen atoms in total. The monoisotopic (exact) mass is 497 g/mol. The van der Waals surface area contributed by atoms with Crippen molar-refractivity contribution in [3.05, 3.63) is 64.2 Å². The van der Waals surface area contributed by atoms with Crippen molar-refractivity contribution in [2.75, 3.05) is 6.26 Å². The fraction of sp³-hybridized carbons (Fsp3) is 0.150. The predicted molar refractivity (Wildman–Crippen MR) is 120 cm³/mol. The second-order valence-electron chi connectivity index (χ2n) is 7.06. The first kappa shape index (κ1) is 22.5. The van der Waals surface area contributed by atoms with Gasteiger partial charge in [0.05, 0.1) is 33.6 Å². The predicted octanol–water partition coefficient (Wildman–Crippen LogP) is 4.00. The molecule has 0 saturated carbocycles. The minimum Gasteiger partial charge on any atom is -0.307 e. The standard InChI is InChI=1S/C20H14F3N3O3S3/c1-32(28,29)14-4-3-12(15(8-14)20(21,22)23)10-26-16-5-2-11(6-13(16)9-24-26)7-17-18(27)25-19(30)31-17/h2-9H,10H2,1H3,(H,25,27,30). The van der Waals surface area contributed by atoms with Gasteiger partial charge in [-0.05, 0) is 41.5 Å². The van der Waals surface area contributed by atoms with Gasteiger partial charge in [-0.2, -0.15) is 18.3 Å². The van der Waals surface area contributed by atoms with Gasteiger partial charge in [-0.3, -0.25) is 9.48 Å². The van der Waals surface area contributed by atoms with Gasteiger partial charge in [-0.25, -0.2) is 8.42 Å². The molecule has 4 rings (SSSR count). The van der Waals surface area contributed by atoms with Gasteiger partial charge >= 0.3 is 6.18 Å². The number of rotatable bonds is 4. The zero-order valence-electron chi connectivity index (χ0n) is 16.3. The summed E-state index contributed by atoms with van der Waals surface area (Å²) in [6.45, 7) is -0.199. The first-order valence-electron chi connectivity index (χ1n) is 9.02. The Balaban J connectivity index is 1.69. The molecule has 1 aliphatic heterocycles. The lowest BCUT2D eigenvalue weighted by Gasteiger charge is -2.15. The average molecular weight is 498 g/mol. The summed E-state index contributed by atoms with van der Waals surface area (Å²) in [5.74, 6) is -0.284. The van der Waals surface area contributed by atoms with Crippen LogP contribution in [0.2, 0.25) is 0 Å². The molecule has 1 N–H and O–H groups in total. The van der Waals surface area contributed by atoms with E-state index >= 15 is 0 Å². The first-order chi connectivity index (χ1) is 14.9. The normalized spacial score (nSPS) is 16.2. The Morgan fingerprint density at radius 1 is 1.22 bits per heavy atom. The summed E-state index contributed by atoms with van der Waals surface area (Å²) in [6.07, 6.45) is -0.681. The number of alkyl halides is 3. The molecule has 12 heteroatoms. The second kappa shape index (κ2) is 8.01. The molecule has 0 unspecified atom stereocenters. The van der Waals surface area contributed by atoms with Gasteiger partial charge in [-0.15, -0.1) is 0 Å². The van der Waals surface area contributed by atoms with E-state index < -0.39 is 26.5 Å². The van der Waals surface area contributed by atoms with Crippen LogP contribution in [0, 0.1) is 0 Å². The number of carbonyl (C=O) groups excluding carboxylic acids is 1. The van der Waals surface area contributed by atoms with Gasteiger partial charge in [-0.1, -0.05) is 36.1 Å². The van der Waals surface area contributed by atoms with Crippen molar-refractivity contribution in [2.45, 2.75) is 17.6 Å². The van der Waals surface area contributed by atoms with Crippen LogP contribution in [0.4, 0.5) is 13.2 Å². The highest BCUT2D eigenvalue weighted by molar-refractivity contribution is 8.26. The average Bonchev–Trinajstić information content (AvgIpc) is 3.22. The van der Waals surface area contributed by atoms with Crippen molar-refractivity contribution in [3.63, 3.8) is 0 Å². The summed E-state index contributed by atoms with van der Waals surface area (Å²) >= 11 is 6.11. The topological polar surface area (TPSA) is 81.1 Å². The molecule has 32 heavy (non-hydrogen) atoms. The quantitative estimate of drug-likeness (QED) is 0.434. The summed E-state index contributed by atoms with van der Waals surface area (Å²) in [7, 11) is -3.79. The van der Waals surface area contributed by atoms with Crippen molar-refractivity contribution in [1.82, 2.24) is 15.1 Å². The molecular formula is C20H14F3N3O3S3. The Hall–Kier alpha value is -2.70. The molecule has 166 valence electrons. The van der Waals surface area contributed by atoms with Crippen LogP contribution in [0.25, 0.3) is 17.0 Å². The number of hydrogen-bond acceptors (Lipinski definition) is 6. The minimum absolute atomic E-state index is 0.103. The van der Waals surface area contributed by atoms with E-state index in [-0.39, 0.29) is 18.0 Å². The van der Waals surface area contributed by atoms with Gasteiger partial charge in [0, 0.05) is 11.6 Å². The Bertz CT molecular complexity index is 1410. The highest BCUT2D eigenvalue weighted by Gasteiger charge is 2.34. The Morgan fingerprint density at radius 3 is 2.59 bits per heavy atom. The van der Waals surface area contributed by atoms with Crippen LogP contribution >= 0.6 is 24.0 Å². The van der Waals surface area contributed by atoms with Gasteiger partial charge in [0.2, 0.25) is 0 Å². The maximum Gasteiger partial charge on any atom is 0.416 e. The van der Waals surface area contributed by atoms with Crippen LogP contribution in [-0.4, -0.2) is 34.7 Å². The van der Waals surface area contributed by atoms with Crippen LogP contribution < -0.4 is 5.32 Å². The molecular weight excluding hydrogens is 483 g/mol. The van der Waals surface area contributed by atoms with Crippen molar-refractivity contribution in [2.24, 2.45) is 0 Å². The van der Waals surface area contributed by atoms with Crippen LogP contribution in [0.3, 0.4) is 0 Å². The Kier molecular flexibility index (Phi) is 5.63. The van der Waals surface area contributed by atoms with E-state index in [1.54, 1.807) is 24.3 Å². The smallest absolute Gasteiger partial charge is 0.307 e. The molecule has 1 aliphatic rings. The molecule has 1 amide bonds. The number of thioether (sulfide) groups is 1. The summed E-state index contributed by atoms with van der Waals surface area (Å²) in [5.41, 5.74) is 0.179. The van der Waals surface area contributed by atoms with Gasteiger partial charge in [0.1, 0.15) is 4.32 Å². The molecule has 1 aromatic heterocycles. The second-order valence-corrected chi connectivity index (χ2v) is 10.8. The van der Waals surface area contributed by atoms with E-state index in [2.05, 4.69) is 10.4 Å². The largest absolute Gasteiger partial charge is 0.416 e.